The molecule has 0 bridgehead atoms. The second kappa shape index (κ2) is 8.36. The van der Waals surface area contributed by atoms with Crippen LogP contribution in [0.25, 0.3) is 0 Å². The zero-order valence-electron chi connectivity index (χ0n) is 14.2. The summed E-state index contributed by atoms with van der Waals surface area (Å²) >= 11 is 0. The molecule has 0 radical (unpaired) electrons. The third-order valence-corrected chi connectivity index (χ3v) is 4.03. The van der Waals surface area contributed by atoms with E-state index < -0.39 is 0 Å². The number of ether oxygens (including phenoxy) is 1. The van der Waals surface area contributed by atoms with E-state index in [1.54, 1.807) is 13.3 Å². The second-order valence-electron chi connectivity index (χ2n) is 5.72. The maximum Gasteiger partial charge on any atom is 0.222 e. The quantitative estimate of drug-likeness (QED) is 0.752. The van der Waals surface area contributed by atoms with Crippen molar-refractivity contribution in [3.8, 4) is 5.75 Å². The molecule has 0 atom stereocenters. The van der Waals surface area contributed by atoms with E-state index in [2.05, 4.69) is 4.98 Å². The summed E-state index contributed by atoms with van der Waals surface area (Å²) in [7, 11) is 5.51. The number of amides is 1. The summed E-state index contributed by atoms with van der Waals surface area (Å²) in [6.07, 6.45) is 6.85. The van der Waals surface area contributed by atoms with Crippen LogP contribution in [0, 0.1) is 0 Å². The first-order valence-electron chi connectivity index (χ1n) is 7.93. The molecule has 0 saturated heterocycles. The molecule has 1 amide bonds. The normalized spacial score (nSPS) is 10.6. The summed E-state index contributed by atoms with van der Waals surface area (Å²) < 4.78 is 7.15. The van der Waals surface area contributed by atoms with E-state index >= 15 is 0 Å². The van der Waals surface area contributed by atoms with Crippen molar-refractivity contribution < 1.29 is 9.53 Å². The van der Waals surface area contributed by atoms with Gasteiger partial charge in [-0.15, -0.1) is 0 Å². The largest absolute Gasteiger partial charge is 0.497 e. The molecule has 5 nitrogen and oxygen atoms in total. The molecule has 1 aromatic carbocycles. The fraction of sp³-hybridized carbons (Fsp3) is 0.444. The van der Waals surface area contributed by atoms with Crippen molar-refractivity contribution in [1.82, 2.24) is 14.5 Å². The van der Waals surface area contributed by atoms with Crippen LogP contribution in [0.2, 0.25) is 0 Å². The number of carbonyl (C=O) groups excluding carboxylic acids is 1. The molecule has 0 N–H and O–H groups in total. The standard InChI is InChI=1S/C18H25N3O2/c1-20-14-12-19-17(20)5-4-13-21(2)18(22)11-8-15-6-9-16(23-3)10-7-15/h6-7,9-10,12,14H,4-5,8,11,13H2,1-3H3. The van der Waals surface area contributed by atoms with Gasteiger partial charge in [0.2, 0.25) is 5.91 Å². The smallest absolute Gasteiger partial charge is 0.222 e. The summed E-state index contributed by atoms with van der Waals surface area (Å²) in [6, 6.07) is 7.87. The molecule has 1 aromatic heterocycles. The van der Waals surface area contributed by atoms with Crippen LogP contribution < -0.4 is 4.74 Å². The first-order chi connectivity index (χ1) is 11.1. The Hall–Kier alpha value is -2.30. The van der Waals surface area contributed by atoms with E-state index in [1.165, 1.54) is 0 Å². The minimum absolute atomic E-state index is 0.181. The van der Waals surface area contributed by atoms with Crippen LogP contribution in [0.15, 0.2) is 36.7 Å². The van der Waals surface area contributed by atoms with Gasteiger partial charge in [-0.3, -0.25) is 4.79 Å². The average Bonchev–Trinajstić information content (AvgIpc) is 2.98. The van der Waals surface area contributed by atoms with Crippen molar-refractivity contribution in [3.05, 3.63) is 48.0 Å². The molecule has 0 fully saturated rings. The molecule has 23 heavy (non-hydrogen) atoms. The highest BCUT2D eigenvalue weighted by atomic mass is 16.5. The molecule has 5 heteroatoms. The molecule has 0 aliphatic heterocycles. The van der Waals surface area contributed by atoms with Gasteiger partial charge in [0.25, 0.3) is 0 Å². The Kier molecular flexibility index (Phi) is 6.20. The fourth-order valence-electron chi connectivity index (χ4n) is 2.47. The van der Waals surface area contributed by atoms with Crippen LogP contribution >= 0.6 is 0 Å². The summed E-state index contributed by atoms with van der Waals surface area (Å²) in [4.78, 5) is 18.3. The van der Waals surface area contributed by atoms with E-state index in [1.807, 2.05) is 54.0 Å². The lowest BCUT2D eigenvalue weighted by Crippen LogP contribution is -2.28. The molecular formula is C18H25N3O2. The topological polar surface area (TPSA) is 47.4 Å². The van der Waals surface area contributed by atoms with E-state index in [-0.39, 0.29) is 5.91 Å². The summed E-state index contributed by atoms with van der Waals surface area (Å²) in [5.74, 6) is 2.08. The Morgan fingerprint density at radius 1 is 1.26 bits per heavy atom. The number of benzene rings is 1. The van der Waals surface area contributed by atoms with Crippen LogP contribution in [0.5, 0.6) is 5.75 Å². The Morgan fingerprint density at radius 2 is 2.00 bits per heavy atom. The number of nitrogens with zero attached hydrogens (tertiary/aromatic N) is 3. The number of aromatic nitrogens is 2. The molecule has 0 aliphatic carbocycles. The van der Waals surface area contributed by atoms with Crippen LogP contribution in [0.1, 0.15) is 24.2 Å². The lowest BCUT2D eigenvalue weighted by molar-refractivity contribution is -0.129. The molecule has 124 valence electrons. The monoisotopic (exact) mass is 315 g/mol. The van der Waals surface area contributed by atoms with Gasteiger partial charge in [-0.1, -0.05) is 12.1 Å². The van der Waals surface area contributed by atoms with Gasteiger partial charge in [-0.2, -0.15) is 0 Å². The van der Waals surface area contributed by atoms with Gasteiger partial charge < -0.3 is 14.2 Å². The van der Waals surface area contributed by atoms with Gasteiger partial charge in [0.05, 0.1) is 7.11 Å². The second-order valence-corrected chi connectivity index (χ2v) is 5.72. The molecule has 1 heterocycles. The van der Waals surface area contributed by atoms with Crippen LogP contribution in [-0.2, 0) is 24.7 Å². The van der Waals surface area contributed by atoms with Crippen molar-refractivity contribution in [2.24, 2.45) is 7.05 Å². The highest BCUT2D eigenvalue weighted by Crippen LogP contribution is 2.13. The summed E-state index contributed by atoms with van der Waals surface area (Å²) in [5, 5.41) is 0. The number of imidazole rings is 1. The molecular weight excluding hydrogens is 290 g/mol. The van der Waals surface area contributed by atoms with Crippen molar-refractivity contribution in [2.75, 3.05) is 20.7 Å². The third-order valence-electron chi connectivity index (χ3n) is 4.03. The zero-order chi connectivity index (χ0) is 16.7. The number of carbonyl (C=O) groups is 1. The van der Waals surface area contributed by atoms with Crippen LogP contribution in [0.4, 0.5) is 0 Å². The maximum atomic E-state index is 12.2. The Bertz CT molecular complexity index is 619. The first kappa shape index (κ1) is 17.1. The first-order valence-corrected chi connectivity index (χ1v) is 7.93. The average molecular weight is 315 g/mol. The predicted octanol–water partition coefficient (Wildman–Crippen LogP) is 2.45. The van der Waals surface area contributed by atoms with E-state index in [0.29, 0.717) is 6.42 Å². The maximum absolute atomic E-state index is 12.2. The van der Waals surface area contributed by atoms with Gasteiger partial charge in [-0.05, 0) is 30.5 Å². The minimum atomic E-state index is 0.181. The number of methoxy groups -OCH3 is 1. The molecule has 2 aromatic rings. The van der Waals surface area contributed by atoms with E-state index in [0.717, 1.165) is 42.9 Å². The lowest BCUT2D eigenvalue weighted by Gasteiger charge is -2.17. The van der Waals surface area contributed by atoms with Crippen LogP contribution in [-0.4, -0.2) is 41.1 Å². The van der Waals surface area contributed by atoms with Gasteiger partial charge in [0.1, 0.15) is 11.6 Å². The Labute approximate surface area is 137 Å². The number of aryl methyl sites for hydroxylation is 3. The number of hydrogen-bond donors (Lipinski definition) is 0. The van der Waals surface area contributed by atoms with E-state index in [4.69, 9.17) is 4.74 Å². The molecule has 0 spiro atoms. The van der Waals surface area contributed by atoms with Crippen molar-refractivity contribution in [2.45, 2.75) is 25.7 Å². The van der Waals surface area contributed by atoms with Gasteiger partial charge >= 0.3 is 0 Å². The molecule has 0 aliphatic rings. The predicted molar refractivity (Wildman–Crippen MR) is 90.5 cm³/mol. The van der Waals surface area contributed by atoms with Gasteiger partial charge in [-0.25, -0.2) is 4.98 Å². The van der Waals surface area contributed by atoms with E-state index in [9.17, 15) is 4.79 Å². The molecule has 0 saturated carbocycles. The van der Waals surface area contributed by atoms with Crippen LogP contribution in [0.3, 0.4) is 0 Å². The van der Waals surface area contributed by atoms with Gasteiger partial charge in [0.15, 0.2) is 0 Å². The van der Waals surface area contributed by atoms with Crippen molar-refractivity contribution >= 4 is 5.91 Å². The van der Waals surface area contributed by atoms with Crippen molar-refractivity contribution in [3.63, 3.8) is 0 Å². The number of rotatable bonds is 8. The summed E-state index contributed by atoms with van der Waals surface area (Å²) in [5.41, 5.74) is 1.15. The highest BCUT2D eigenvalue weighted by molar-refractivity contribution is 5.76. The fourth-order valence-corrected chi connectivity index (χ4v) is 2.47. The molecule has 2 rings (SSSR count). The lowest BCUT2D eigenvalue weighted by atomic mass is 10.1. The minimum Gasteiger partial charge on any atom is -0.497 e. The van der Waals surface area contributed by atoms with Crippen molar-refractivity contribution in [1.29, 1.82) is 0 Å². The SMILES string of the molecule is COc1ccc(CCC(=O)N(C)CCCc2nccn2C)cc1. The summed E-state index contributed by atoms with van der Waals surface area (Å²) in [6.45, 7) is 0.758. The van der Waals surface area contributed by atoms with Gasteiger partial charge in [0, 0.05) is 45.9 Å². The highest BCUT2D eigenvalue weighted by Gasteiger charge is 2.09. The molecule has 0 unspecified atom stereocenters. The zero-order valence-corrected chi connectivity index (χ0v) is 14.2. The Morgan fingerprint density at radius 3 is 2.61 bits per heavy atom. The number of hydrogen-bond acceptors (Lipinski definition) is 3. The third kappa shape index (κ3) is 5.13. The Balaban J connectivity index is 1.70.